The number of ketones is 1. The summed E-state index contributed by atoms with van der Waals surface area (Å²) in [6.45, 7) is 3.86. The highest BCUT2D eigenvalue weighted by atomic mass is 32.1. The van der Waals surface area contributed by atoms with Crippen LogP contribution in [0.25, 0.3) is 0 Å². The average molecular weight is 481 g/mol. The number of anilines is 1. The molecule has 1 aliphatic carbocycles. The highest BCUT2D eigenvalue weighted by Crippen LogP contribution is 2.33. The van der Waals surface area contributed by atoms with E-state index >= 15 is 0 Å². The van der Waals surface area contributed by atoms with Crippen LogP contribution >= 0.6 is 22.7 Å². The number of fused-ring (bicyclic) bond motifs is 1. The lowest BCUT2D eigenvalue weighted by Crippen LogP contribution is -2.50. The SMILES string of the molecule is O=C(Nc1nc2c(s1)C(=O)CC(C(=O)N1CCN(Cc3ccccc3)CC1)C2)c1cccs1. The summed E-state index contributed by atoms with van der Waals surface area (Å²) in [4.78, 5) is 48.1. The standard InChI is InChI=1S/C24H24N4O3S2/c29-19-14-17(13-18-21(19)33-24(25-18)26-22(30)20-7-4-12-32-20)23(31)28-10-8-27(9-11-28)15-16-5-2-1-3-6-16/h1-7,12,17H,8-11,13-15H2,(H,25,26,30). The fourth-order valence-corrected chi connectivity index (χ4v) is 5.91. The number of carbonyl (C=O) groups excluding carboxylic acids is 3. The van der Waals surface area contributed by atoms with Crippen molar-refractivity contribution in [2.45, 2.75) is 19.4 Å². The molecule has 1 fully saturated rings. The van der Waals surface area contributed by atoms with Crippen LogP contribution in [0.3, 0.4) is 0 Å². The quantitative estimate of drug-likeness (QED) is 0.604. The van der Waals surface area contributed by atoms with E-state index in [4.69, 9.17) is 0 Å². The molecule has 0 saturated carbocycles. The van der Waals surface area contributed by atoms with Crippen LogP contribution in [0.15, 0.2) is 47.8 Å². The zero-order valence-electron chi connectivity index (χ0n) is 18.0. The van der Waals surface area contributed by atoms with Crippen molar-refractivity contribution >= 4 is 45.4 Å². The van der Waals surface area contributed by atoms with Gasteiger partial charge in [0.25, 0.3) is 5.91 Å². The molecule has 0 radical (unpaired) electrons. The number of nitrogens with zero attached hydrogens (tertiary/aromatic N) is 3. The van der Waals surface area contributed by atoms with E-state index in [9.17, 15) is 14.4 Å². The van der Waals surface area contributed by atoms with Crippen LogP contribution in [0, 0.1) is 5.92 Å². The van der Waals surface area contributed by atoms with Crippen LogP contribution in [0.2, 0.25) is 0 Å². The third-order valence-electron chi connectivity index (χ3n) is 6.07. The van der Waals surface area contributed by atoms with E-state index < -0.39 is 0 Å². The van der Waals surface area contributed by atoms with Gasteiger partial charge in [-0.1, -0.05) is 47.7 Å². The minimum absolute atomic E-state index is 0.0329. The molecule has 2 amide bonds. The summed E-state index contributed by atoms with van der Waals surface area (Å²) in [5, 5.41) is 5.03. The summed E-state index contributed by atoms with van der Waals surface area (Å²) in [5.74, 6) is -0.643. The molecule has 170 valence electrons. The third-order valence-corrected chi connectivity index (χ3v) is 7.99. The number of piperazine rings is 1. The summed E-state index contributed by atoms with van der Waals surface area (Å²) < 4.78 is 0. The Morgan fingerprint density at radius 3 is 2.55 bits per heavy atom. The van der Waals surface area contributed by atoms with Gasteiger partial charge < -0.3 is 4.90 Å². The van der Waals surface area contributed by atoms with Gasteiger partial charge in [0, 0.05) is 45.6 Å². The molecule has 33 heavy (non-hydrogen) atoms. The zero-order valence-corrected chi connectivity index (χ0v) is 19.7. The van der Waals surface area contributed by atoms with Crippen molar-refractivity contribution in [3.63, 3.8) is 0 Å². The number of hydrogen-bond acceptors (Lipinski definition) is 7. The van der Waals surface area contributed by atoms with E-state index in [1.165, 1.54) is 28.2 Å². The second-order valence-corrected chi connectivity index (χ2v) is 10.3. The van der Waals surface area contributed by atoms with Gasteiger partial charge in [0.2, 0.25) is 5.91 Å². The lowest BCUT2D eigenvalue weighted by atomic mass is 9.88. The molecule has 5 rings (SSSR count). The number of amides is 2. The molecule has 0 spiro atoms. The Hall–Kier alpha value is -2.88. The predicted octanol–water partition coefficient (Wildman–Crippen LogP) is 3.55. The second kappa shape index (κ2) is 9.54. The van der Waals surface area contributed by atoms with Gasteiger partial charge in [-0.2, -0.15) is 0 Å². The number of aromatic nitrogens is 1. The van der Waals surface area contributed by atoms with Crippen LogP contribution in [0.5, 0.6) is 0 Å². The molecule has 7 nitrogen and oxygen atoms in total. The van der Waals surface area contributed by atoms with E-state index in [1.54, 1.807) is 6.07 Å². The van der Waals surface area contributed by atoms with E-state index in [-0.39, 0.29) is 29.9 Å². The van der Waals surface area contributed by atoms with Crippen molar-refractivity contribution in [3.8, 4) is 0 Å². The lowest BCUT2D eigenvalue weighted by molar-refractivity contribution is -0.137. The van der Waals surface area contributed by atoms with E-state index in [2.05, 4.69) is 27.3 Å². The number of rotatable bonds is 5. The van der Waals surface area contributed by atoms with Crippen molar-refractivity contribution in [1.29, 1.82) is 0 Å². The molecule has 3 heterocycles. The fourth-order valence-electron chi connectivity index (χ4n) is 4.35. The van der Waals surface area contributed by atoms with Crippen molar-refractivity contribution in [2.75, 3.05) is 31.5 Å². The maximum Gasteiger partial charge on any atom is 0.267 e. The smallest absolute Gasteiger partial charge is 0.267 e. The molecule has 9 heteroatoms. The van der Waals surface area contributed by atoms with Gasteiger partial charge in [-0.3, -0.25) is 24.6 Å². The van der Waals surface area contributed by atoms with Gasteiger partial charge in [0.15, 0.2) is 10.9 Å². The summed E-state index contributed by atoms with van der Waals surface area (Å²) in [6, 6.07) is 13.9. The third kappa shape index (κ3) is 4.90. The monoisotopic (exact) mass is 480 g/mol. The van der Waals surface area contributed by atoms with Crippen molar-refractivity contribution in [1.82, 2.24) is 14.8 Å². The first kappa shape index (κ1) is 21.9. The number of thiazole rings is 1. The van der Waals surface area contributed by atoms with Crippen molar-refractivity contribution < 1.29 is 14.4 Å². The van der Waals surface area contributed by atoms with Crippen LogP contribution in [0.4, 0.5) is 5.13 Å². The number of thiophene rings is 1. The number of hydrogen-bond donors (Lipinski definition) is 1. The van der Waals surface area contributed by atoms with Crippen LogP contribution in [-0.2, 0) is 17.8 Å². The van der Waals surface area contributed by atoms with Crippen molar-refractivity contribution in [3.05, 3.63) is 68.9 Å². The molecule has 2 aromatic heterocycles. The summed E-state index contributed by atoms with van der Waals surface area (Å²) in [5.41, 5.74) is 1.90. The number of Topliss-reactive ketones (excluding diaryl/α,β-unsaturated/α-hetero) is 1. The van der Waals surface area contributed by atoms with E-state index in [1.807, 2.05) is 34.5 Å². The van der Waals surface area contributed by atoms with Gasteiger partial charge in [0.05, 0.1) is 21.4 Å². The normalized spacial score (nSPS) is 18.7. The molecule has 1 aliphatic heterocycles. The fraction of sp³-hybridized carbons (Fsp3) is 0.333. The Balaban J connectivity index is 1.19. The van der Waals surface area contributed by atoms with Gasteiger partial charge in [-0.25, -0.2) is 4.98 Å². The molecule has 0 bridgehead atoms. The summed E-state index contributed by atoms with van der Waals surface area (Å²) in [7, 11) is 0. The van der Waals surface area contributed by atoms with Crippen LogP contribution < -0.4 is 5.32 Å². The molecule has 3 aromatic rings. The summed E-state index contributed by atoms with van der Waals surface area (Å²) >= 11 is 2.55. The molecular formula is C24H24N4O3S2. The van der Waals surface area contributed by atoms with Crippen LogP contribution in [-0.4, -0.2) is 58.6 Å². The number of nitrogens with one attached hydrogen (secondary N) is 1. The molecule has 2 aliphatic rings. The van der Waals surface area contributed by atoms with Gasteiger partial charge in [-0.15, -0.1) is 11.3 Å². The minimum atomic E-state index is -0.381. The highest BCUT2D eigenvalue weighted by Gasteiger charge is 2.36. The van der Waals surface area contributed by atoms with E-state index in [0.717, 1.165) is 19.6 Å². The first-order chi connectivity index (χ1) is 16.1. The zero-order chi connectivity index (χ0) is 22.8. The number of benzene rings is 1. The molecule has 1 unspecified atom stereocenters. The second-order valence-electron chi connectivity index (χ2n) is 8.34. The number of carbonyl (C=O) groups is 3. The highest BCUT2D eigenvalue weighted by molar-refractivity contribution is 7.18. The lowest BCUT2D eigenvalue weighted by Gasteiger charge is -2.36. The maximum absolute atomic E-state index is 13.2. The molecule has 1 N–H and O–H groups in total. The van der Waals surface area contributed by atoms with Gasteiger partial charge in [-0.05, 0) is 17.0 Å². The Morgan fingerprint density at radius 1 is 1.03 bits per heavy atom. The molecular weight excluding hydrogens is 456 g/mol. The van der Waals surface area contributed by atoms with Crippen molar-refractivity contribution in [2.24, 2.45) is 5.92 Å². The average Bonchev–Trinajstić information content (AvgIpc) is 3.50. The molecule has 1 saturated heterocycles. The molecule has 1 aromatic carbocycles. The van der Waals surface area contributed by atoms with Gasteiger partial charge >= 0.3 is 0 Å². The topological polar surface area (TPSA) is 82.6 Å². The predicted molar refractivity (Wildman–Crippen MR) is 129 cm³/mol. The Morgan fingerprint density at radius 2 is 1.82 bits per heavy atom. The minimum Gasteiger partial charge on any atom is -0.340 e. The largest absolute Gasteiger partial charge is 0.340 e. The Labute approximate surface area is 200 Å². The van der Waals surface area contributed by atoms with Gasteiger partial charge in [0.1, 0.15) is 0 Å². The molecule has 1 atom stereocenters. The maximum atomic E-state index is 13.2. The summed E-state index contributed by atoms with van der Waals surface area (Å²) in [6.07, 6.45) is 0.645. The van der Waals surface area contributed by atoms with Crippen LogP contribution in [0.1, 0.15) is 37.0 Å². The Kier molecular flexibility index (Phi) is 6.34. The first-order valence-electron chi connectivity index (χ1n) is 11.0. The van der Waals surface area contributed by atoms with E-state index in [0.29, 0.717) is 40.1 Å². The first-order valence-corrected chi connectivity index (χ1v) is 12.7. The Bertz CT molecular complexity index is 1150.